The third kappa shape index (κ3) is 7.46. The van der Waals surface area contributed by atoms with Gasteiger partial charge >= 0.3 is 12.1 Å². The summed E-state index contributed by atoms with van der Waals surface area (Å²) >= 11 is 0. The quantitative estimate of drug-likeness (QED) is 0.476. The number of benzene rings is 2. The molecule has 1 N–H and O–H groups in total. The van der Waals surface area contributed by atoms with E-state index >= 15 is 0 Å². The van der Waals surface area contributed by atoms with Gasteiger partial charge in [0.15, 0.2) is 0 Å². The van der Waals surface area contributed by atoms with Gasteiger partial charge in [0.25, 0.3) is 0 Å². The zero-order chi connectivity index (χ0) is 21.1. The van der Waals surface area contributed by atoms with Gasteiger partial charge in [0, 0.05) is 12.2 Å². The second kappa shape index (κ2) is 11.7. The van der Waals surface area contributed by atoms with Gasteiger partial charge in [0.05, 0.1) is 19.3 Å². The first-order valence-electron chi connectivity index (χ1n) is 9.68. The molecule has 0 radical (unpaired) electrons. The molecule has 0 saturated carbocycles. The van der Waals surface area contributed by atoms with Crippen LogP contribution in [-0.2, 0) is 4.74 Å². The molecule has 1 amide bonds. The summed E-state index contributed by atoms with van der Waals surface area (Å²) in [5, 5.41) is 2.65. The molecule has 7 heteroatoms. The Morgan fingerprint density at radius 2 is 1.55 bits per heavy atom. The number of anilines is 1. The van der Waals surface area contributed by atoms with E-state index in [0.29, 0.717) is 23.6 Å². The smallest absolute Gasteiger partial charge is 0.417 e. The van der Waals surface area contributed by atoms with Crippen LogP contribution < -0.4 is 14.8 Å². The zero-order valence-corrected chi connectivity index (χ0v) is 17.1. The predicted molar refractivity (Wildman–Crippen MR) is 112 cm³/mol. The number of nitrogens with zero attached hydrogens (tertiary/aromatic N) is 1. The van der Waals surface area contributed by atoms with Crippen LogP contribution in [0.5, 0.6) is 11.5 Å². The molecule has 0 bridgehead atoms. The lowest BCUT2D eigenvalue weighted by molar-refractivity contribution is 0.0600. The molecule has 2 rings (SSSR count). The fourth-order valence-electron chi connectivity index (χ4n) is 2.68. The molecule has 0 aromatic heterocycles. The molecule has 29 heavy (non-hydrogen) atoms. The van der Waals surface area contributed by atoms with Crippen molar-refractivity contribution in [3.63, 3.8) is 0 Å². The Morgan fingerprint density at radius 1 is 0.931 bits per heavy atom. The highest BCUT2D eigenvalue weighted by atomic mass is 16.6. The Hall–Kier alpha value is -3.06. The topological polar surface area (TPSA) is 77.1 Å². The average molecular weight is 400 g/mol. The molecular formula is C22H28N2O5. The van der Waals surface area contributed by atoms with E-state index in [0.717, 1.165) is 31.8 Å². The van der Waals surface area contributed by atoms with Gasteiger partial charge in [-0.25, -0.2) is 9.59 Å². The summed E-state index contributed by atoms with van der Waals surface area (Å²) in [5.74, 6) is 0.626. The van der Waals surface area contributed by atoms with Gasteiger partial charge in [0.1, 0.15) is 11.5 Å². The van der Waals surface area contributed by atoms with Crippen molar-refractivity contribution < 1.29 is 23.8 Å². The Labute approximate surface area is 171 Å². The van der Waals surface area contributed by atoms with E-state index in [9.17, 15) is 9.59 Å². The van der Waals surface area contributed by atoms with Crippen molar-refractivity contribution in [1.82, 2.24) is 4.90 Å². The summed E-state index contributed by atoms with van der Waals surface area (Å²) in [6, 6.07) is 13.2. The Balaban J connectivity index is 1.77. The van der Waals surface area contributed by atoms with Crippen molar-refractivity contribution in [2.45, 2.75) is 20.3 Å². The maximum Gasteiger partial charge on any atom is 0.417 e. The van der Waals surface area contributed by atoms with Gasteiger partial charge < -0.3 is 19.1 Å². The van der Waals surface area contributed by atoms with Crippen molar-refractivity contribution in [2.75, 3.05) is 38.7 Å². The molecule has 2 aromatic carbocycles. The van der Waals surface area contributed by atoms with Crippen LogP contribution in [0.15, 0.2) is 48.5 Å². The summed E-state index contributed by atoms with van der Waals surface area (Å²) < 4.78 is 15.6. The van der Waals surface area contributed by atoms with Crippen LogP contribution in [-0.4, -0.2) is 50.3 Å². The molecule has 0 aliphatic rings. The lowest BCUT2D eigenvalue weighted by atomic mass is 10.2. The van der Waals surface area contributed by atoms with Crippen molar-refractivity contribution in [1.29, 1.82) is 0 Å². The predicted octanol–water partition coefficient (Wildman–Crippen LogP) is 4.19. The number of nitrogens with one attached hydrogen (secondary N) is 1. The van der Waals surface area contributed by atoms with Gasteiger partial charge in [-0.3, -0.25) is 5.32 Å². The monoisotopic (exact) mass is 400 g/mol. The molecule has 0 heterocycles. The number of esters is 1. The van der Waals surface area contributed by atoms with E-state index < -0.39 is 12.1 Å². The van der Waals surface area contributed by atoms with Crippen LogP contribution in [0.1, 0.15) is 30.6 Å². The van der Waals surface area contributed by atoms with Gasteiger partial charge in [-0.1, -0.05) is 13.8 Å². The summed E-state index contributed by atoms with van der Waals surface area (Å²) in [6.45, 7) is 8.05. The molecule has 0 atom stereocenters. The maximum atomic E-state index is 12.0. The van der Waals surface area contributed by atoms with Crippen LogP contribution in [0.2, 0.25) is 0 Å². The van der Waals surface area contributed by atoms with Gasteiger partial charge in [-0.2, -0.15) is 0 Å². The van der Waals surface area contributed by atoms with E-state index in [1.807, 2.05) is 0 Å². The van der Waals surface area contributed by atoms with Crippen LogP contribution >= 0.6 is 0 Å². The van der Waals surface area contributed by atoms with Crippen molar-refractivity contribution in [3.8, 4) is 11.5 Å². The van der Waals surface area contributed by atoms with Gasteiger partial charge in [-0.15, -0.1) is 0 Å². The van der Waals surface area contributed by atoms with Gasteiger partial charge in [-0.05, 0) is 68.0 Å². The number of rotatable bonds is 10. The first kappa shape index (κ1) is 22.2. The molecule has 156 valence electrons. The molecular weight excluding hydrogens is 372 g/mol. The summed E-state index contributed by atoms with van der Waals surface area (Å²) in [5.41, 5.74) is 0.976. The second-order valence-corrected chi connectivity index (χ2v) is 6.28. The van der Waals surface area contributed by atoms with Crippen molar-refractivity contribution in [2.24, 2.45) is 0 Å². The lowest BCUT2D eigenvalue weighted by Crippen LogP contribution is -2.25. The highest BCUT2D eigenvalue weighted by Crippen LogP contribution is 2.17. The van der Waals surface area contributed by atoms with Crippen LogP contribution in [0, 0.1) is 0 Å². The normalized spacial score (nSPS) is 10.5. The van der Waals surface area contributed by atoms with Crippen molar-refractivity contribution in [3.05, 3.63) is 54.1 Å². The minimum atomic E-state index is -0.622. The number of carbonyl (C=O) groups excluding carboxylic acids is 2. The van der Waals surface area contributed by atoms with Crippen LogP contribution in [0.4, 0.5) is 10.5 Å². The number of hydrogen-bond donors (Lipinski definition) is 1. The van der Waals surface area contributed by atoms with E-state index in [2.05, 4.69) is 28.8 Å². The Morgan fingerprint density at radius 3 is 2.14 bits per heavy atom. The van der Waals surface area contributed by atoms with E-state index in [4.69, 9.17) is 9.47 Å². The fourth-order valence-corrected chi connectivity index (χ4v) is 2.68. The van der Waals surface area contributed by atoms with Crippen LogP contribution in [0.3, 0.4) is 0 Å². The Kier molecular flexibility index (Phi) is 8.98. The Bertz CT molecular complexity index is 771. The number of hydrogen-bond acceptors (Lipinski definition) is 6. The molecule has 2 aromatic rings. The highest BCUT2D eigenvalue weighted by Gasteiger charge is 2.08. The maximum absolute atomic E-state index is 12.0. The fraction of sp³-hybridized carbons (Fsp3) is 0.364. The summed E-state index contributed by atoms with van der Waals surface area (Å²) in [7, 11) is 1.31. The molecule has 0 saturated heterocycles. The molecule has 0 spiro atoms. The third-order valence-electron chi connectivity index (χ3n) is 4.37. The number of carbonyl (C=O) groups is 2. The lowest BCUT2D eigenvalue weighted by Gasteiger charge is -2.17. The summed E-state index contributed by atoms with van der Waals surface area (Å²) in [6.07, 6.45) is 0.340. The first-order valence-corrected chi connectivity index (χ1v) is 9.68. The van der Waals surface area contributed by atoms with Gasteiger partial charge in [0.2, 0.25) is 0 Å². The van der Waals surface area contributed by atoms with Crippen LogP contribution in [0.25, 0.3) is 0 Å². The number of ether oxygens (including phenoxy) is 3. The minimum Gasteiger partial charge on any atom is -0.494 e. The molecule has 7 nitrogen and oxygen atoms in total. The SMILES string of the molecule is CCN(CC)CCCOc1ccc(NC(=O)Oc2ccc(C(=O)OC)cc2)cc1. The number of amides is 1. The van der Waals surface area contributed by atoms with E-state index in [1.165, 1.54) is 31.4 Å². The molecule has 0 fully saturated rings. The zero-order valence-electron chi connectivity index (χ0n) is 17.1. The molecule has 0 unspecified atom stereocenters. The standard InChI is InChI=1S/C22H28N2O5/c1-4-24(5-2)15-6-16-28-19-13-9-18(10-14-19)23-22(26)29-20-11-7-17(8-12-20)21(25)27-3/h7-14H,4-6,15-16H2,1-3H3,(H,23,26). The second-order valence-electron chi connectivity index (χ2n) is 6.28. The number of methoxy groups -OCH3 is 1. The van der Waals surface area contributed by atoms with E-state index in [-0.39, 0.29) is 0 Å². The largest absolute Gasteiger partial charge is 0.494 e. The highest BCUT2D eigenvalue weighted by molar-refractivity contribution is 5.90. The average Bonchev–Trinajstić information content (AvgIpc) is 2.75. The first-order chi connectivity index (χ1) is 14.0. The van der Waals surface area contributed by atoms with Crippen molar-refractivity contribution >= 4 is 17.7 Å². The molecule has 0 aliphatic carbocycles. The molecule has 0 aliphatic heterocycles. The summed E-state index contributed by atoms with van der Waals surface area (Å²) in [4.78, 5) is 25.8. The third-order valence-corrected chi connectivity index (χ3v) is 4.37. The minimum absolute atomic E-state index is 0.323. The van der Waals surface area contributed by atoms with E-state index in [1.54, 1.807) is 24.3 Å².